The third-order valence-electron chi connectivity index (χ3n) is 5.60. The molecule has 9 heteroatoms. The van der Waals surface area contributed by atoms with Crippen LogP contribution in [0.5, 0.6) is 0 Å². The molecule has 1 aliphatic rings. The molecule has 1 aromatic heterocycles. The average Bonchev–Trinajstić information content (AvgIpc) is 3.33. The van der Waals surface area contributed by atoms with Crippen LogP contribution in [0.1, 0.15) is 29.3 Å². The molecular formula is C23H22ClFN2O3S2. The van der Waals surface area contributed by atoms with Gasteiger partial charge in [0.1, 0.15) is 10.7 Å². The Bertz CT molecular complexity index is 1180. The number of carbonyl (C=O) groups excluding carboxylic acids is 1. The molecule has 3 aromatic rings. The van der Waals surface area contributed by atoms with E-state index in [1.54, 1.807) is 23.5 Å². The Labute approximate surface area is 195 Å². The van der Waals surface area contributed by atoms with E-state index in [1.165, 1.54) is 22.5 Å². The van der Waals surface area contributed by atoms with Crippen molar-refractivity contribution in [2.24, 2.45) is 5.92 Å². The highest BCUT2D eigenvalue weighted by Gasteiger charge is 2.34. The predicted octanol–water partition coefficient (Wildman–Crippen LogP) is 4.85. The van der Waals surface area contributed by atoms with Crippen LogP contribution in [0.3, 0.4) is 0 Å². The molecule has 1 atom stereocenters. The van der Waals surface area contributed by atoms with Gasteiger partial charge in [0, 0.05) is 28.9 Å². The van der Waals surface area contributed by atoms with Crippen molar-refractivity contribution in [3.05, 3.63) is 87.3 Å². The number of thiophene rings is 1. The third-order valence-corrected chi connectivity index (χ3v) is 8.72. The van der Waals surface area contributed by atoms with E-state index >= 15 is 0 Å². The number of hydrogen-bond donors (Lipinski definition) is 1. The van der Waals surface area contributed by atoms with E-state index < -0.39 is 15.8 Å². The van der Waals surface area contributed by atoms with E-state index in [1.807, 2.05) is 29.6 Å². The SMILES string of the molecule is O=C(NC(c1ccc(Cl)cc1)c1cccs1)C1CCN(S(=O)(=O)c2ccccc2F)CC1. The first-order valence-electron chi connectivity index (χ1n) is 10.2. The summed E-state index contributed by atoms with van der Waals surface area (Å²) < 4.78 is 40.9. The minimum absolute atomic E-state index is 0.124. The number of halogens is 2. The van der Waals surface area contributed by atoms with Crippen LogP contribution in [0.2, 0.25) is 5.02 Å². The Hall–Kier alpha value is -2.26. The zero-order chi connectivity index (χ0) is 22.7. The van der Waals surface area contributed by atoms with Gasteiger partial charge in [-0.1, -0.05) is 41.9 Å². The van der Waals surface area contributed by atoms with E-state index in [2.05, 4.69) is 5.32 Å². The van der Waals surface area contributed by atoms with Crippen molar-refractivity contribution in [2.75, 3.05) is 13.1 Å². The largest absolute Gasteiger partial charge is 0.344 e. The highest BCUT2D eigenvalue weighted by molar-refractivity contribution is 7.89. The number of piperidine rings is 1. The molecule has 0 saturated carbocycles. The fourth-order valence-electron chi connectivity index (χ4n) is 3.84. The summed E-state index contributed by atoms with van der Waals surface area (Å²) in [5, 5.41) is 5.69. The van der Waals surface area contributed by atoms with Crippen LogP contribution in [0, 0.1) is 11.7 Å². The monoisotopic (exact) mass is 492 g/mol. The quantitative estimate of drug-likeness (QED) is 0.535. The average molecular weight is 493 g/mol. The lowest BCUT2D eigenvalue weighted by molar-refractivity contribution is -0.126. The maximum atomic E-state index is 14.0. The van der Waals surface area contributed by atoms with Gasteiger partial charge in [0.25, 0.3) is 0 Å². The Morgan fingerprint density at radius 1 is 1.06 bits per heavy atom. The molecular weight excluding hydrogens is 471 g/mol. The number of nitrogens with one attached hydrogen (secondary N) is 1. The Balaban J connectivity index is 1.44. The second-order valence-electron chi connectivity index (χ2n) is 7.62. The summed E-state index contributed by atoms with van der Waals surface area (Å²) in [5.74, 6) is -1.22. The maximum absolute atomic E-state index is 14.0. The maximum Gasteiger partial charge on any atom is 0.245 e. The van der Waals surface area contributed by atoms with Crippen molar-refractivity contribution in [1.29, 1.82) is 0 Å². The van der Waals surface area contributed by atoms with E-state index in [0.29, 0.717) is 17.9 Å². The van der Waals surface area contributed by atoms with E-state index in [-0.39, 0.29) is 35.9 Å². The molecule has 1 saturated heterocycles. The van der Waals surface area contributed by atoms with Crippen LogP contribution < -0.4 is 5.32 Å². The topological polar surface area (TPSA) is 66.5 Å². The lowest BCUT2D eigenvalue weighted by Crippen LogP contribution is -2.43. The van der Waals surface area contributed by atoms with Crippen LogP contribution in [-0.4, -0.2) is 31.7 Å². The van der Waals surface area contributed by atoms with Gasteiger partial charge in [0.05, 0.1) is 6.04 Å². The van der Waals surface area contributed by atoms with Crippen molar-refractivity contribution in [3.63, 3.8) is 0 Å². The summed E-state index contributed by atoms with van der Waals surface area (Å²) in [7, 11) is -3.93. The van der Waals surface area contributed by atoms with E-state index in [0.717, 1.165) is 16.5 Å². The molecule has 1 unspecified atom stereocenters. The summed E-state index contributed by atoms with van der Waals surface area (Å²) in [5.41, 5.74) is 0.921. The molecule has 2 heterocycles. The summed E-state index contributed by atoms with van der Waals surface area (Å²) >= 11 is 7.56. The first-order valence-corrected chi connectivity index (χ1v) is 12.9. The predicted molar refractivity (Wildman–Crippen MR) is 124 cm³/mol. The number of nitrogens with zero attached hydrogens (tertiary/aromatic N) is 1. The highest BCUT2D eigenvalue weighted by Crippen LogP contribution is 2.30. The van der Waals surface area contributed by atoms with Crippen molar-refractivity contribution in [3.8, 4) is 0 Å². The molecule has 1 aliphatic heterocycles. The lowest BCUT2D eigenvalue weighted by atomic mass is 9.96. The van der Waals surface area contributed by atoms with Gasteiger partial charge in [-0.15, -0.1) is 11.3 Å². The molecule has 0 aliphatic carbocycles. The minimum Gasteiger partial charge on any atom is -0.344 e. The summed E-state index contributed by atoms with van der Waals surface area (Å²) in [4.78, 5) is 13.7. The Morgan fingerprint density at radius 2 is 1.75 bits per heavy atom. The van der Waals surface area contributed by atoms with Gasteiger partial charge >= 0.3 is 0 Å². The van der Waals surface area contributed by atoms with Gasteiger partial charge in [-0.2, -0.15) is 4.31 Å². The Morgan fingerprint density at radius 3 is 2.38 bits per heavy atom. The summed E-state index contributed by atoms with van der Waals surface area (Å²) in [6.07, 6.45) is 0.745. The van der Waals surface area contributed by atoms with Gasteiger partial charge < -0.3 is 5.32 Å². The molecule has 4 rings (SSSR count). The fraction of sp³-hybridized carbons (Fsp3) is 0.261. The minimum atomic E-state index is -3.93. The number of rotatable bonds is 6. The fourth-order valence-corrected chi connectivity index (χ4v) is 6.30. The van der Waals surface area contributed by atoms with Gasteiger partial charge in [0.2, 0.25) is 15.9 Å². The first-order chi connectivity index (χ1) is 15.4. The van der Waals surface area contributed by atoms with Crippen molar-refractivity contribution < 1.29 is 17.6 Å². The first kappa shape index (κ1) is 22.9. The second kappa shape index (κ2) is 9.70. The highest BCUT2D eigenvalue weighted by atomic mass is 35.5. The molecule has 1 N–H and O–H groups in total. The van der Waals surface area contributed by atoms with Gasteiger partial charge in [-0.25, -0.2) is 12.8 Å². The number of carbonyl (C=O) groups is 1. The van der Waals surface area contributed by atoms with Crippen LogP contribution in [0.4, 0.5) is 4.39 Å². The number of benzene rings is 2. The van der Waals surface area contributed by atoms with Crippen LogP contribution in [0.25, 0.3) is 0 Å². The normalized spacial score (nSPS) is 16.6. The summed E-state index contributed by atoms with van der Waals surface area (Å²) in [6.45, 7) is 0.332. The lowest BCUT2D eigenvalue weighted by Gasteiger charge is -2.31. The zero-order valence-electron chi connectivity index (χ0n) is 17.1. The van der Waals surface area contributed by atoms with Gasteiger partial charge in [-0.05, 0) is 54.1 Å². The molecule has 5 nitrogen and oxygen atoms in total. The van der Waals surface area contributed by atoms with E-state index in [4.69, 9.17) is 11.6 Å². The smallest absolute Gasteiger partial charge is 0.245 e. The molecule has 1 amide bonds. The van der Waals surface area contributed by atoms with Crippen molar-refractivity contribution in [2.45, 2.75) is 23.8 Å². The Kier molecular flexibility index (Phi) is 6.95. The van der Waals surface area contributed by atoms with E-state index in [9.17, 15) is 17.6 Å². The van der Waals surface area contributed by atoms with Crippen LogP contribution in [0.15, 0.2) is 70.9 Å². The van der Waals surface area contributed by atoms with Crippen molar-refractivity contribution in [1.82, 2.24) is 9.62 Å². The van der Waals surface area contributed by atoms with Gasteiger partial charge in [-0.3, -0.25) is 4.79 Å². The number of amides is 1. The second-order valence-corrected chi connectivity index (χ2v) is 10.9. The zero-order valence-corrected chi connectivity index (χ0v) is 19.5. The third kappa shape index (κ3) is 4.88. The molecule has 168 valence electrons. The van der Waals surface area contributed by atoms with Crippen LogP contribution in [-0.2, 0) is 14.8 Å². The molecule has 2 aromatic carbocycles. The molecule has 0 spiro atoms. The number of sulfonamides is 1. The van der Waals surface area contributed by atoms with Crippen LogP contribution >= 0.6 is 22.9 Å². The standard InChI is InChI=1S/C23H22ClFN2O3S2/c24-18-9-7-16(8-10-18)22(20-5-3-15-31-20)26-23(28)17-11-13-27(14-12-17)32(29,30)21-6-2-1-4-19(21)25/h1-10,15,17,22H,11-14H2,(H,26,28). The molecule has 0 radical (unpaired) electrons. The molecule has 0 bridgehead atoms. The van der Waals surface area contributed by atoms with Crippen molar-refractivity contribution >= 4 is 38.9 Å². The summed E-state index contributed by atoms with van der Waals surface area (Å²) in [6, 6.07) is 16.3. The number of hydrogen-bond acceptors (Lipinski definition) is 4. The molecule has 32 heavy (non-hydrogen) atoms. The molecule has 1 fully saturated rings. The van der Waals surface area contributed by atoms with Gasteiger partial charge in [0.15, 0.2) is 0 Å².